The minimum Gasteiger partial charge on any atom is -0.311 e. The zero-order chi connectivity index (χ0) is 11.2. The summed E-state index contributed by atoms with van der Waals surface area (Å²) in [4.78, 5) is 2.58. The summed E-state index contributed by atoms with van der Waals surface area (Å²) in [5.74, 6) is 0. The summed E-state index contributed by atoms with van der Waals surface area (Å²) < 4.78 is 0. The molecule has 1 fully saturated rings. The first-order chi connectivity index (χ1) is 7.86. The average Bonchev–Trinajstić information content (AvgIpc) is 2.72. The molecule has 1 aromatic rings. The van der Waals surface area contributed by atoms with Crippen LogP contribution >= 0.6 is 0 Å². The lowest BCUT2D eigenvalue weighted by molar-refractivity contribution is 0.268. The predicted molar refractivity (Wildman–Crippen MR) is 68.4 cm³/mol. The van der Waals surface area contributed by atoms with Gasteiger partial charge >= 0.3 is 0 Å². The lowest BCUT2D eigenvalue weighted by Crippen LogP contribution is -2.34. The van der Waals surface area contributed by atoms with Crippen molar-refractivity contribution in [2.75, 3.05) is 19.6 Å². The molecular weight excluding hydrogens is 196 g/mol. The first kappa shape index (κ1) is 11.6. The van der Waals surface area contributed by atoms with Gasteiger partial charge in [0.15, 0.2) is 0 Å². The van der Waals surface area contributed by atoms with Crippen LogP contribution in [0.25, 0.3) is 0 Å². The van der Waals surface area contributed by atoms with Gasteiger partial charge < -0.3 is 5.32 Å². The van der Waals surface area contributed by atoms with Crippen LogP contribution in [0.15, 0.2) is 30.3 Å². The second-order valence-corrected chi connectivity index (χ2v) is 4.69. The lowest BCUT2D eigenvalue weighted by atomic mass is 10.2. The van der Waals surface area contributed by atoms with Crippen molar-refractivity contribution in [3.05, 3.63) is 35.9 Å². The quantitative estimate of drug-likeness (QED) is 0.763. The van der Waals surface area contributed by atoms with E-state index in [1.54, 1.807) is 0 Å². The van der Waals surface area contributed by atoms with E-state index < -0.39 is 0 Å². The Bertz CT molecular complexity index is 297. The van der Waals surface area contributed by atoms with Gasteiger partial charge in [-0.3, -0.25) is 4.90 Å². The minimum absolute atomic E-state index is 0.790. The fourth-order valence-electron chi connectivity index (χ4n) is 2.38. The van der Waals surface area contributed by atoms with Crippen LogP contribution in [0.5, 0.6) is 0 Å². The molecule has 1 unspecified atom stereocenters. The van der Waals surface area contributed by atoms with E-state index in [2.05, 4.69) is 47.5 Å². The Labute approximate surface area is 98.7 Å². The Morgan fingerprint density at radius 1 is 1.31 bits per heavy atom. The molecule has 1 N–H and O–H groups in total. The van der Waals surface area contributed by atoms with Gasteiger partial charge in [0.05, 0.1) is 0 Å². The lowest BCUT2D eigenvalue weighted by Gasteiger charge is -2.20. The molecule has 0 spiro atoms. The van der Waals surface area contributed by atoms with E-state index in [4.69, 9.17) is 0 Å². The van der Waals surface area contributed by atoms with Crippen LogP contribution in [-0.2, 0) is 6.54 Å². The van der Waals surface area contributed by atoms with Crippen LogP contribution in [0.2, 0.25) is 0 Å². The Morgan fingerprint density at radius 3 is 2.81 bits per heavy atom. The van der Waals surface area contributed by atoms with Gasteiger partial charge in [0.2, 0.25) is 0 Å². The Balaban J connectivity index is 1.62. The van der Waals surface area contributed by atoms with Crippen molar-refractivity contribution in [3.63, 3.8) is 0 Å². The highest BCUT2D eigenvalue weighted by atomic mass is 15.2. The molecule has 1 saturated heterocycles. The van der Waals surface area contributed by atoms with E-state index in [1.807, 2.05) is 0 Å². The third-order valence-corrected chi connectivity index (χ3v) is 3.44. The molecule has 88 valence electrons. The predicted octanol–water partition coefficient (Wildman–Crippen LogP) is 2.26. The van der Waals surface area contributed by atoms with E-state index in [0.29, 0.717) is 0 Å². The van der Waals surface area contributed by atoms with E-state index in [9.17, 15) is 0 Å². The van der Waals surface area contributed by atoms with Crippen molar-refractivity contribution in [2.45, 2.75) is 32.4 Å². The maximum atomic E-state index is 3.51. The van der Waals surface area contributed by atoms with Crippen LogP contribution in [0, 0.1) is 0 Å². The SMILES string of the molecule is CC1CCCN1CCNCc1ccccc1. The molecule has 0 radical (unpaired) electrons. The Hall–Kier alpha value is -0.860. The van der Waals surface area contributed by atoms with Gasteiger partial charge in [0.25, 0.3) is 0 Å². The molecule has 0 bridgehead atoms. The second kappa shape index (κ2) is 6.02. The number of rotatable bonds is 5. The fourth-order valence-corrected chi connectivity index (χ4v) is 2.38. The van der Waals surface area contributed by atoms with Crippen molar-refractivity contribution in [2.24, 2.45) is 0 Å². The Kier molecular flexibility index (Phi) is 4.37. The third kappa shape index (κ3) is 3.32. The summed E-state index contributed by atoms with van der Waals surface area (Å²) in [5.41, 5.74) is 1.37. The van der Waals surface area contributed by atoms with E-state index >= 15 is 0 Å². The van der Waals surface area contributed by atoms with Gasteiger partial charge in [0, 0.05) is 25.7 Å². The number of likely N-dealkylation sites (tertiary alicyclic amines) is 1. The molecule has 1 atom stereocenters. The summed E-state index contributed by atoms with van der Waals surface area (Å²) in [5, 5.41) is 3.51. The molecule has 2 rings (SSSR count). The number of nitrogens with zero attached hydrogens (tertiary/aromatic N) is 1. The molecule has 16 heavy (non-hydrogen) atoms. The molecule has 0 aromatic heterocycles. The summed E-state index contributed by atoms with van der Waals surface area (Å²) in [6, 6.07) is 11.4. The van der Waals surface area contributed by atoms with Gasteiger partial charge in [0.1, 0.15) is 0 Å². The monoisotopic (exact) mass is 218 g/mol. The maximum absolute atomic E-state index is 3.51. The standard InChI is InChI=1S/C14H22N2/c1-13-6-5-10-16(13)11-9-15-12-14-7-3-2-4-8-14/h2-4,7-8,13,15H,5-6,9-12H2,1H3. The molecule has 2 nitrogen and oxygen atoms in total. The van der Waals surface area contributed by atoms with Crippen LogP contribution in [0.1, 0.15) is 25.3 Å². The molecule has 0 amide bonds. The number of nitrogens with one attached hydrogen (secondary N) is 1. The molecule has 1 aromatic carbocycles. The molecule has 1 aliphatic heterocycles. The highest BCUT2D eigenvalue weighted by molar-refractivity contribution is 5.14. The van der Waals surface area contributed by atoms with Crippen LogP contribution in [0.4, 0.5) is 0 Å². The summed E-state index contributed by atoms with van der Waals surface area (Å²) in [6.07, 6.45) is 2.75. The van der Waals surface area contributed by atoms with Crippen LogP contribution < -0.4 is 5.32 Å². The van der Waals surface area contributed by atoms with Gasteiger partial charge in [-0.25, -0.2) is 0 Å². The van der Waals surface area contributed by atoms with Crippen molar-refractivity contribution in [3.8, 4) is 0 Å². The van der Waals surface area contributed by atoms with Gasteiger partial charge in [-0.05, 0) is 31.9 Å². The third-order valence-electron chi connectivity index (χ3n) is 3.44. The normalized spacial score (nSPS) is 21.4. The number of benzene rings is 1. The molecule has 1 aliphatic rings. The summed E-state index contributed by atoms with van der Waals surface area (Å²) in [6.45, 7) is 6.90. The van der Waals surface area contributed by atoms with E-state index in [1.165, 1.54) is 31.5 Å². The largest absolute Gasteiger partial charge is 0.311 e. The van der Waals surface area contributed by atoms with Crippen molar-refractivity contribution in [1.82, 2.24) is 10.2 Å². The van der Waals surface area contributed by atoms with Crippen molar-refractivity contribution in [1.29, 1.82) is 0 Å². The van der Waals surface area contributed by atoms with Crippen LogP contribution in [0.3, 0.4) is 0 Å². The number of hydrogen-bond acceptors (Lipinski definition) is 2. The first-order valence-electron chi connectivity index (χ1n) is 6.35. The highest BCUT2D eigenvalue weighted by Crippen LogP contribution is 2.14. The molecule has 0 saturated carbocycles. The molecule has 0 aliphatic carbocycles. The maximum Gasteiger partial charge on any atom is 0.0206 e. The van der Waals surface area contributed by atoms with Gasteiger partial charge in [-0.2, -0.15) is 0 Å². The first-order valence-corrected chi connectivity index (χ1v) is 6.35. The van der Waals surface area contributed by atoms with E-state index in [-0.39, 0.29) is 0 Å². The average molecular weight is 218 g/mol. The molecule has 1 heterocycles. The van der Waals surface area contributed by atoms with Crippen molar-refractivity contribution < 1.29 is 0 Å². The van der Waals surface area contributed by atoms with Gasteiger partial charge in [-0.15, -0.1) is 0 Å². The van der Waals surface area contributed by atoms with Gasteiger partial charge in [-0.1, -0.05) is 30.3 Å². The fraction of sp³-hybridized carbons (Fsp3) is 0.571. The molecule has 2 heteroatoms. The minimum atomic E-state index is 0.790. The summed E-state index contributed by atoms with van der Waals surface area (Å²) in [7, 11) is 0. The topological polar surface area (TPSA) is 15.3 Å². The number of hydrogen-bond donors (Lipinski definition) is 1. The van der Waals surface area contributed by atoms with Crippen LogP contribution in [-0.4, -0.2) is 30.6 Å². The molecular formula is C14H22N2. The Morgan fingerprint density at radius 2 is 2.12 bits per heavy atom. The zero-order valence-corrected chi connectivity index (χ0v) is 10.2. The summed E-state index contributed by atoms with van der Waals surface area (Å²) >= 11 is 0. The smallest absolute Gasteiger partial charge is 0.0206 e. The van der Waals surface area contributed by atoms with Crippen molar-refractivity contribution >= 4 is 0 Å². The van der Waals surface area contributed by atoms with E-state index in [0.717, 1.165) is 19.1 Å². The second-order valence-electron chi connectivity index (χ2n) is 4.69. The highest BCUT2D eigenvalue weighted by Gasteiger charge is 2.18. The zero-order valence-electron chi connectivity index (χ0n) is 10.2.